The number of amides is 1. The minimum atomic E-state index is -3.58. The molecule has 1 heterocycles. The molecule has 0 saturated carbocycles. The van der Waals surface area contributed by atoms with Crippen LogP contribution in [0.2, 0.25) is 0 Å². The second-order valence-corrected chi connectivity index (χ2v) is 8.43. The Hall–Kier alpha value is -2.91. The predicted octanol–water partition coefficient (Wildman–Crippen LogP) is 2.28. The zero-order valence-corrected chi connectivity index (χ0v) is 16.8. The fourth-order valence-electron chi connectivity index (χ4n) is 2.97. The first-order valence-corrected chi connectivity index (χ1v) is 10.6. The molecule has 154 valence electrons. The Morgan fingerprint density at radius 2 is 1.79 bits per heavy atom. The maximum Gasteiger partial charge on any atom is 0.338 e. The summed E-state index contributed by atoms with van der Waals surface area (Å²) in [6.45, 7) is 0.497. The van der Waals surface area contributed by atoms with Gasteiger partial charge in [-0.05, 0) is 49.2 Å². The quantitative estimate of drug-likeness (QED) is 0.692. The Kier molecular flexibility index (Phi) is 6.50. The number of nitrogens with zero attached hydrogens (tertiary/aromatic N) is 1. The van der Waals surface area contributed by atoms with Crippen molar-refractivity contribution >= 4 is 27.6 Å². The summed E-state index contributed by atoms with van der Waals surface area (Å²) >= 11 is 0. The third-order valence-corrected chi connectivity index (χ3v) is 6.36. The molecule has 1 fully saturated rings. The molecule has 0 aromatic heterocycles. The van der Waals surface area contributed by atoms with Crippen LogP contribution in [0.15, 0.2) is 53.4 Å². The predicted molar refractivity (Wildman–Crippen MR) is 106 cm³/mol. The molecule has 2 aromatic rings. The number of methoxy groups -OCH3 is 1. The van der Waals surface area contributed by atoms with E-state index in [4.69, 9.17) is 9.47 Å². The molecule has 8 nitrogen and oxygen atoms in total. The SMILES string of the molecule is COc1cccc(C(=O)OCC(=O)Nc2cccc(S(=O)(=O)N3CCCC3)c2)c1. The van der Waals surface area contributed by atoms with Gasteiger partial charge in [0.25, 0.3) is 5.91 Å². The molecule has 0 atom stereocenters. The van der Waals surface area contributed by atoms with E-state index in [1.165, 1.54) is 29.6 Å². The normalized spacial score (nSPS) is 14.4. The van der Waals surface area contributed by atoms with Crippen molar-refractivity contribution in [1.82, 2.24) is 4.31 Å². The Labute approximate surface area is 169 Å². The summed E-state index contributed by atoms with van der Waals surface area (Å²) in [6, 6.07) is 12.4. The van der Waals surface area contributed by atoms with Gasteiger partial charge in [0.15, 0.2) is 6.61 Å². The molecule has 3 rings (SSSR count). The van der Waals surface area contributed by atoms with Crippen molar-refractivity contribution in [2.75, 3.05) is 32.1 Å². The maximum absolute atomic E-state index is 12.6. The summed E-state index contributed by atoms with van der Waals surface area (Å²) in [4.78, 5) is 24.3. The van der Waals surface area contributed by atoms with Crippen molar-refractivity contribution in [2.45, 2.75) is 17.7 Å². The van der Waals surface area contributed by atoms with E-state index in [0.717, 1.165) is 12.8 Å². The van der Waals surface area contributed by atoms with Crippen LogP contribution < -0.4 is 10.1 Å². The van der Waals surface area contributed by atoms with Crippen LogP contribution in [0, 0.1) is 0 Å². The molecule has 2 aromatic carbocycles. The van der Waals surface area contributed by atoms with Gasteiger partial charge < -0.3 is 14.8 Å². The minimum absolute atomic E-state index is 0.116. The standard InChI is InChI=1S/C20H22N2O6S/c1-27-17-8-4-6-15(12-17)20(24)28-14-19(23)21-16-7-5-9-18(13-16)29(25,26)22-10-2-3-11-22/h4-9,12-13H,2-3,10-11,14H2,1H3,(H,21,23). The molecule has 1 saturated heterocycles. The van der Waals surface area contributed by atoms with Crippen LogP contribution in [0.25, 0.3) is 0 Å². The Bertz CT molecular complexity index is 1000. The molecule has 1 amide bonds. The number of sulfonamides is 1. The maximum atomic E-state index is 12.6. The highest BCUT2D eigenvalue weighted by Gasteiger charge is 2.27. The van der Waals surface area contributed by atoms with E-state index in [9.17, 15) is 18.0 Å². The lowest BCUT2D eigenvalue weighted by molar-refractivity contribution is -0.119. The molecule has 0 bridgehead atoms. The fraction of sp³-hybridized carbons (Fsp3) is 0.300. The Morgan fingerprint density at radius 1 is 1.07 bits per heavy atom. The molecule has 0 unspecified atom stereocenters. The smallest absolute Gasteiger partial charge is 0.338 e. The number of hydrogen-bond acceptors (Lipinski definition) is 6. The van der Waals surface area contributed by atoms with Crippen molar-refractivity contribution in [1.29, 1.82) is 0 Å². The molecule has 0 aliphatic carbocycles. The number of nitrogens with one attached hydrogen (secondary N) is 1. The lowest BCUT2D eigenvalue weighted by Gasteiger charge is -2.16. The van der Waals surface area contributed by atoms with E-state index < -0.39 is 28.5 Å². The summed E-state index contributed by atoms with van der Waals surface area (Å²) < 4.78 is 36.7. The van der Waals surface area contributed by atoms with E-state index in [1.807, 2.05) is 0 Å². The van der Waals surface area contributed by atoms with E-state index in [0.29, 0.717) is 24.5 Å². The number of benzene rings is 2. The van der Waals surface area contributed by atoms with Gasteiger partial charge in [-0.2, -0.15) is 4.31 Å². The van der Waals surface area contributed by atoms with Crippen LogP contribution in [0.1, 0.15) is 23.2 Å². The number of ether oxygens (including phenoxy) is 2. The van der Waals surface area contributed by atoms with Crippen LogP contribution in [-0.2, 0) is 19.6 Å². The number of esters is 1. The van der Waals surface area contributed by atoms with Gasteiger partial charge in [-0.15, -0.1) is 0 Å². The number of carbonyl (C=O) groups is 2. The van der Waals surface area contributed by atoms with Gasteiger partial charge in [0.2, 0.25) is 10.0 Å². The van der Waals surface area contributed by atoms with Crippen LogP contribution in [-0.4, -0.2) is 51.4 Å². The van der Waals surface area contributed by atoms with E-state index >= 15 is 0 Å². The van der Waals surface area contributed by atoms with Crippen LogP contribution in [0.4, 0.5) is 5.69 Å². The average Bonchev–Trinajstić information content (AvgIpc) is 3.28. The third-order valence-electron chi connectivity index (χ3n) is 4.46. The van der Waals surface area contributed by atoms with Gasteiger partial charge in [0.1, 0.15) is 5.75 Å². The fourth-order valence-corrected chi connectivity index (χ4v) is 4.54. The monoisotopic (exact) mass is 418 g/mol. The highest BCUT2D eigenvalue weighted by molar-refractivity contribution is 7.89. The highest BCUT2D eigenvalue weighted by atomic mass is 32.2. The summed E-state index contributed by atoms with van der Waals surface area (Å²) in [5.41, 5.74) is 0.573. The van der Waals surface area contributed by atoms with Gasteiger partial charge in [-0.25, -0.2) is 13.2 Å². The summed E-state index contributed by atoms with van der Waals surface area (Å²) in [6.07, 6.45) is 1.68. The zero-order chi connectivity index (χ0) is 20.9. The number of rotatable bonds is 7. The lowest BCUT2D eigenvalue weighted by Crippen LogP contribution is -2.28. The molecule has 1 aliphatic heterocycles. The van der Waals surface area contributed by atoms with Crippen molar-refractivity contribution in [2.24, 2.45) is 0 Å². The molecule has 1 aliphatic rings. The van der Waals surface area contributed by atoms with Crippen molar-refractivity contribution in [3.05, 3.63) is 54.1 Å². The summed E-state index contributed by atoms with van der Waals surface area (Å²) in [5.74, 6) is -0.735. The molecule has 0 radical (unpaired) electrons. The van der Waals surface area contributed by atoms with Gasteiger partial charge in [-0.3, -0.25) is 4.79 Å². The molecular formula is C20H22N2O6S. The highest BCUT2D eigenvalue weighted by Crippen LogP contribution is 2.23. The minimum Gasteiger partial charge on any atom is -0.497 e. The number of anilines is 1. The molecular weight excluding hydrogens is 396 g/mol. The molecule has 0 spiro atoms. The third kappa shape index (κ3) is 5.12. The molecule has 1 N–H and O–H groups in total. The number of carbonyl (C=O) groups excluding carboxylic acids is 2. The van der Waals surface area contributed by atoms with Crippen molar-refractivity contribution in [3.8, 4) is 5.75 Å². The average molecular weight is 418 g/mol. The van der Waals surface area contributed by atoms with Crippen molar-refractivity contribution in [3.63, 3.8) is 0 Å². The second kappa shape index (κ2) is 9.06. The van der Waals surface area contributed by atoms with Crippen LogP contribution in [0.5, 0.6) is 5.75 Å². The first-order valence-electron chi connectivity index (χ1n) is 9.11. The van der Waals surface area contributed by atoms with Gasteiger partial charge in [0, 0.05) is 18.8 Å². The van der Waals surface area contributed by atoms with Gasteiger partial charge in [-0.1, -0.05) is 12.1 Å². The number of hydrogen-bond donors (Lipinski definition) is 1. The molecule has 9 heteroatoms. The topological polar surface area (TPSA) is 102 Å². The van der Waals surface area contributed by atoms with Gasteiger partial charge in [0.05, 0.1) is 17.6 Å². The van der Waals surface area contributed by atoms with Crippen LogP contribution >= 0.6 is 0 Å². The first kappa shape index (κ1) is 20.8. The van der Waals surface area contributed by atoms with Crippen LogP contribution in [0.3, 0.4) is 0 Å². The van der Waals surface area contributed by atoms with E-state index in [2.05, 4.69) is 5.32 Å². The van der Waals surface area contributed by atoms with E-state index in [-0.39, 0.29) is 10.5 Å². The van der Waals surface area contributed by atoms with Gasteiger partial charge >= 0.3 is 5.97 Å². The Morgan fingerprint density at radius 3 is 2.52 bits per heavy atom. The molecule has 29 heavy (non-hydrogen) atoms. The Balaban J connectivity index is 1.60. The summed E-state index contributed by atoms with van der Waals surface area (Å²) in [7, 11) is -2.10. The lowest BCUT2D eigenvalue weighted by atomic mass is 10.2. The second-order valence-electron chi connectivity index (χ2n) is 6.50. The first-order chi connectivity index (χ1) is 13.9. The van der Waals surface area contributed by atoms with E-state index in [1.54, 1.807) is 30.3 Å². The summed E-state index contributed by atoms with van der Waals surface area (Å²) in [5, 5.41) is 2.55. The zero-order valence-electron chi connectivity index (χ0n) is 16.0. The van der Waals surface area contributed by atoms with Crippen molar-refractivity contribution < 1.29 is 27.5 Å². The largest absolute Gasteiger partial charge is 0.497 e.